The molecule has 4 heterocycles. The van der Waals surface area contributed by atoms with Gasteiger partial charge in [-0.25, -0.2) is 17.8 Å². The highest BCUT2D eigenvalue weighted by Crippen LogP contribution is 2.34. The number of hydrogen-bond acceptors (Lipinski definition) is 7. The quantitative estimate of drug-likeness (QED) is 0.293. The first kappa shape index (κ1) is 28.9. The van der Waals surface area contributed by atoms with E-state index in [1.807, 2.05) is 0 Å². The summed E-state index contributed by atoms with van der Waals surface area (Å²) >= 11 is 6.86. The van der Waals surface area contributed by atoms with Crippen LogP contribution in [0.15, 0.2) is 69.8 Å². The van der Waals surface area contributed by atoms with E-state index < -0.39 is 40.2 Å². The van der Waals surface area contributed by atoms with Crippen LogP contribution in [0.1, 0.15) is 12.8 Å². The van der Waals surface area contributed by atoms with Crippen LogP contribution in [0.25, 0.3) is 15.9 Å². The van der Waals surface area contributed by atoms with Crippen LogP contribution in [-0.2, 0) is 19.6 Å². The molecule has 1 aliphatic rings. The fourth-order valence-electron chi connectivity index (χ4n) is 4.62. The third-order valence-electron chi connectivity index (χ3n) is 6.76. The summed E-state index contributed by atoms with van der Waals surface area (Å²) < 4.78 is 45.4. The number of fused-ring (bicyclic) bond motifs is 1. The molecule has 1 aromatic carbocycles. The van der Waals surface area contributed by atoms with Crippen LogP contribution in [0.5, 0.6) is 0 Å². The summed E-state index contributed by atoms with van der Waals surface area (Å²) in [6.45, 7) is -0.432. The van der Waals surface area contributed by atoms with Crippen molar-refractivity contribution in [2.24, 2.45) is 0 Å². The van der Waals surface area contributed by atoms with E-state index in [9.17, 15) is 22.8 Å². The molecule has 1 aliphatic heterocycles. The number of thiophene rings is 1. The molecular weight excluding hydrogens is 593 g/mol. The number of sulfonamides is 1. The fraction of sp³-hybridized carbons (Fsp3) is 0.259. The molecule has 0 aliphatic carbocycles. The van der Waals surface area contributed by atoms with Gasteiger partial charge in [0.05, 0.1) is 17.9 Å². The van der Waals surface area contributed by atoms with Crippen molar-refractivity contribution >= 4 is 60.7 Å². The van der Waals surface area contributed by atoms with Crippen molar-refractivity contribution < 1.29 is 22.4 Å². The summed E-state index contributed by atoms with van der Waals surface area (Å²) in [7, 11) is -1.38. The van der Waals surface area contributed by atoms with E-state index in [1.165, 1.54) is 65.0 Å². The number of piperidine rings is 1. The molecular formula is C27H25ClFN5O5S2. The van der Waals surface area contributed by atoms with Crippen molar-refractivity contribution in [1.82, 2.24) is 18.8 Å². The summed E-state index contributed by atoms with van der Waals surface area (Å²) in [6, 6.07) is 11.9. The topological polar surface area (TPSA) is 113 Å². The lowest BCUT2D eigenvalue weighted by atomic mass is 10.0. The number of likely N-dealkylation sites (N-methyl/N-ethyl adjacent to an activating group) is 1. The maximum absolute atomic E-state index is 15.4. The van der Waals surface area contributed by atoms with E-state index in [0.717, 1.165) is 21.7 Å². The summed E-state index contributed by atoms with van der Waals surface area (Å²) in [5, 5.41) is 0.749. The van der Waals surface area contributed by atoms with E-state index >= 15 is 4.39 Å². The molecule has 41 heavy (non-hydrogen) atoms. The van der Waals surface area contributed by atoms with E-state index in [2.05, 4.69) is 4.98 Å². The first-order valence-electron chi connectivity index (χ1n) is 12.5. The first-order valence-corrected chi connectivity index (χ1v) is 15.2. The van der Waals surface area contributed by atoms with Gasteiger partial charge in [0, 0.05) is 44.4 Å². The summed E-state index contributed by atoms with van der Waals surface area (Å²) in [4.78, 5) is 45.8. The van der Waals surface area contributed by atoms with E-state index in [0.29, 0.717) is 16.6 Å². The summed E-state index contributed by atoms with van der Waals surface area (Å²) in [6.07, 6.45) is 2.01. The number of nitrogens with zero attached hydrogens (tertiary/aromatic N) is 5. The van der Waals surface area contributed by atoms with Gasteiger partial charge in [0.2, 0.25) is 11.8 Å². The smallest absolute Gasteiger partial charge is 0.255 e. The van der Waals surface area contributed by atoms with E-state index in [1.54, 1.807) is 18.2 Å². The molecule has 10 nitrogen and oxygen atoms in total. The Bertz CT molecular complexity index is 1820. The molecule has 1 fully saturated rings. The lowest BCUT2D eigenvalue weighted by molar-refractivity contribution is -0.130. The van der Waals surface area contributed by atoms with Crippen molar-refractivity contribution in [1.29, 1.82) is 0 Å². The van der Waals surface area contributed by atoms with Crippen LogP contribution in [0.2, 0.25) is 5.15 Å². The standard InChI is InChI=1S/C27H25ClFN5O5S2/c1-31(2)24(36)16-34(41(38,39)25-14-17-8-11-22(28)30-26(17)40-25)21-6-5-13-33(27(21)37)20-10-9-18(15-19(20)29)32-12-4-3-7-23(32)35/h3-4,7-12,14-15,21H,5-6,13,16H2,1-2H3. The van der Waals surface area contributed by atoms with Crippen molar-refractivity contribution in [2.45, 2.75) is 23.1 Å². The van der Waals surface area contributed by atoms with Gasteiger partial charge in [-0.2, -0.15) is 4.31 Å². The number of aromatic nitrogens is 2. The normalized spacial score (nSPS) is 16.0. The first-order chi connectivity index (χ1) is 19.5. The zero-order chi connectivity index (χ0) is 29.5. The zero-order valence-electron chi connectivity index (χ0n) is 22.0. The lowest BCUT2D eigenvalue weighted by Gasteiger charge is -2.37. The Kier molecular flexibility index (Phi) is 7.97. The average molecular weight is 618 g/mol. The molecule has 0 radical (unpaired) electrons. The lowest BCUT2D eigenvalue weighted by Crippen LogP contribution is -2.56. The molecule has 4 aromatic rings. The number of pyridine rings is 2. The van der Waals surface area contributed by atoms with Gasteiger partial charge in [-0.05, 0) is 49.2 Å². The van der Waals surface area contributed by atoms with Crippen molar-refractivity contribution in [3.63, 3.8) is 0 Å². The number of carbonyl (C=O) groups excluding carboxylic acids is 2. The Morgan fingerprint density at radius 1 is 1.15 bits per heavy atom. The van der Waals surface area contributed by atoms with Gasteiger partial charge in [0.25, 0.3) is 15.6 Å². The van der Waals surface area contributed by atoms with Gasteiger partial charge in [-0.1, -0.05) is 17.7 Å². The molecule has 3 aromatic heterocycles. The minimum Gasteiger partial charge on any atom is -0.348 e. The third-order valence-corrected chi connectivity index (χ3v) is 10.3. The van der Waals surface area contributed by atoms with Crippen LogP contribution >= 0.6 is 22.9 Å². The minimum absolute atomic E-state index is 0.0515. The summed E-state index contributed by atoms with van der Waals surface area (Å²) in [5.74, 6) is -1.93. The second-order valence-corrected chi connectivity index (χ2v) is 13.2. The molecule has 0 bridgehead atoms. The number of hydrogen-bond donors (Lipinski definition) is 0. The van der Waals surface area contributed by atoms with Crippen LogP contribution < -0.4 is 10.5 Å². The van der Waals surface area contributed by atoms with Gasteiger partial charge in [0.15, 0.2) is 0 Å². The predicted molar refractivity (Wildman–Crippen MR) is 155 cm³/mol. The van der Waals surface area contributed by atoms with Crippen molar-refractivity contribution in [2.75, 3.05) is 32.1 Å². The third kappa shape index (κ3) is 5.62. The maximum atomic E-state index is 15.4. The number of amides is 2. The Balaban J connectivity index is 1.51. The van der Waals surface area contributed by atoms with E-state index in [-0.39, 0.29) is 39.3 Å². The molecule has 5 rings (SSSR count). The molecule has 14 heteroatoms. The molecule has 0 N–H and O–H groups in total. The van der Waals surface area contributed by atoms with Crippen molar-refractivity contribution in [3.8, 4) is 5.69 Å². The average Bonchev–Trinajstić information content (AvgIpc) is 3.36. The van der Waals surface area contributed by atoms with Crippen LogP contribution in [-0.4, -0.2) is 72.2 Å². The SMILES string of the molecule is CN(C)C(=O)CN(C1CCCN(c2ccc(-n3ccccc3=O)cc2F)C1=O)S(=O)(=O)c1cc2ccc(Cl)nc2s1. The van der Waals surface area contributed by atoms with Gasteiger partial charge in [0.1, 0.15) is 26.1 Å². The highest BCUT2D eigenvalue weighted by Gasteiger charge is 2.42. The largest absolute Gasteiger partial charge is 0.348 e. The highest BCUT2D eigenvalue weighted by molar-refractivity contribution is 7.91. The fourth-order valence-corrected chi connectivity index (χ4v) is 7.85. The second-order valence-electron chi connectivity index (χ2n) is 9.62. The Morgan fingerprint density at radius 2 is 1.93 bits per heavy atom. The molecule has 1 unspecified atom stereocenters. The van der Waals surface area contributed by atoms with Gasteiger partial charge >= 0.3 is 0 Å². The molecule has 0 spiro atoms. The molecule has 0 saturated carbocycles. The Labute approximate surface area is 244 Å². The number of benzene rings is 1. The van der Waals surface area contributed by atoms with Crippen LogP contribution in [0.4, 0.5) is 10.1 Å². The number of rotatable bonds is 7. The second kappa shape index (κ2) is 11.3. The Hall–Kier alpha value is -3.65. The number of halogens is 2. The zero-order valence-corrected chi connectivity index (χ0v) is 24.4. The molecule has 1 atom stereocenters. The van der Waals surface area contributed by atoms with Gasteiger partial charge < -0.3 is 9.80 Å². The van der Waals surface area contributed by atoms with Crippen molar-refractivity contribution in [3.05, 3.63) is 82.1 Å². The van der Waals surface area contributed by atoms with Crippen LogP contribution in [0.3, 0.4) is 0 Å². The molecule has 2 amide bonds. The predicted octanol–water partition coefficient (Wildman–Crippen LogP) is 3.51. The van der Waals surface area contributed by atoms with Gasteiger partial charge in [-0.15, -0.1) is 11.3 Å². The minimum atomic E-state index is -4.36. The molecule has 1 saturated heterocycles. The maximum Gasteiger partial charge on any atom is 0.255 e. The van der Waals surface area contributed by atoms with E-state index in [4.69, 9.17) is 11.6 Å². The monoisotopic (exact) mass is 617 g/mol. The van der Waals surface area contributed by atoms with Crippen LogP contribution in [0, 0.1) is 5.82 Å². The Morgan fingerprint density at radius 3 is 2.63 bits per heavy atom. The number of anilines is 1. The van der Waals surface area contributed by atoms with Gasteiger partial charge in [-0.3, -0.25) is 19.0 Å². The summed E-state index contributed by atoms with van der Waals surface area (Å²) in [5.41, 5.74) is -0.125. The number of carbonyl (C=O) groups is 2. The highest BCUT2D eigenvalue weighted by atomic mass is 35.5. The molecule has 214 valence electrons.